The molecule has 2 rings (SSSR count). The van der Waals surface area contributed by atoms with Crippen LogP contribution in [0.4, 0.5) is 0 Å². The summed E-state index contributed by atoms with van der Waals surface area (Å²) in [6.07, 6.45) is 16.7. The molecule has 0 radical (unpaired) electrons. The molecule has 0 bridgehead atoms. The molecule has 160 valence electrons. The molecule has 0 aliphatic heterocycles. The van der Waals surface area contributed by atoms with E-state index in [4.69, 9.17) is 4.74 Å². The number of rotatable bonds is 11. The fourth-order valence-electron chi connectivity index (χ4n) is 4.34. The lowest BCUT2D eigenvalue weighted by molar-refractivity contribution is -0.153. The SMILES string of the molecule is CC#CCC1(C/C=C/[C@H]2CCC(=O)[C@@H]2C/C=C\CCC(O)C(=O)OCC)CCC1. The fourth-order valence-corrected chi connectivity index (χ4v) is 4.34. The zero-order valence-electron chi connectivity index (χ0n) is 18.0. The van der Waals surface area contributed by atoms with Gasteiger partial charge in [0, 0.05) is 18.8 Å². The predicted molar refractivity (Wildman–Crippen MR) is 115 cm³/mol. The number of carbonyl (C=O) groups excluding carboxylic acids is 2. The van der Waals surface area contributed by atoms with E-state index in [-0.39, 0.29) is 12.5 Å². The monoisotopic (exact) mass is 400 g/mol. The lowest BCUT2D eigenvalue weighted by Crippen LogP contribution is -2.28. The molecule has 0 aromatic rings. The van der Waals surface area contributed by atoms with Crippen LogP contribution in [0.5, 0.6) is 0 Å². The van der Waals surface area contributed by atoms with Crippen LogP contribution in [-0.2, 0) is 14.3 Å². The van der Waals surface area contributed by atoms with E-state index in [1.807, 2.05) is 19.1 Å². The number of aliphatic hydroxyl groups excluding tert-OH is 1. The van der Waals surface area contributed by atoms with E-state index >= 15 is 0 Å². The van der Waals surface area contributed by atoms with Crippen LogP contribution >= 0.6 is 0 Å². The van der Waals surface area contributed by atoms with E-state index in [0.29, 0.717) is 36.4 Å². The molecule has 0 saturated heterocycles. The summed E-state index contributed by atoms with van der Waals surface area (Å²) in [5, 5.41) is 9.71. The molecule has 0 heterocycles. The highest BCUT2D eigenvalue weighted by Gasteiger charge is 2.35. The summed E-state index contributed by atoms with van der Waals surface area (Å²) >= 11 is 0. The van der Waals surface area contributed by atoms with E-state index < -0.39 is 12.1 Å². The minimum Gasteiger partial charge on any atom is -0.464 e. The Balaban J connectivity index is 1.77. The van der Waals surface area contributed by atoms with Gasteiger partial charge in [-0.15, -0.1) is 11.8 Å². The van der Waals surface area contributed by atoms with E-state index in [9.17, 15) is 14.7 Å². The highest BCUT2D eigenvalue weighted by molar-refractivity contribution is 5.83. The largest absolute Gasteiger partial charge is 0.464 e. The fraction of sp³-hybridized carbons (Fsp3) is 0.680. The van der Waals surface area contributed by atoms with E-state index in [1.165, 1.54) is 19.3 Å². The molecule has 4 heteroatoms. The summed E-state index contributed by atoms with van der Waals surface area (Å²) in [6, 6.07) is 0. The molecule has 0 aromatic carbocycles. The van der Waals surface area contributed by atoms with Crippen LogP contribution in [-0.4, -0.2) is 29.6 Å². The maximum atomic E-state index is 12.3. The van der Waals surface area contributed by atoms with Gasteiger partial charge in [-0.2, -0.15) is 0 Å². The van der Waals surface area contributed by atoms with Gasteiger partial charge in [-0.25, -0.2) is 4.79 Å². The first kappa shape index (κ1) is 23.4. The van der Waals surface area contributed by atoms with Crippen molar-refractivity contribution in [3.05, 3.63) is 24.3 Å². The molecule has 2 saturated carbocycles. The number of ether oxygens (including phenoxy) is 1. The van der Waals surface area contributed by atoms with Gasteiger partial charge >= 0.3 is 5.97 Å². The van der Waals surface area contributed by atoms with Gasteiger partial charge in [-0.05, 0) is 70.1 Å². The highest BCUT2D eigenvalue weighted by Crippen LogP contribution is 2.47. The number of aliphatic hydroxyl groups is 1. The lowest BCUT2D eigenvalue weighted by atomic mass is 9.64. The van der Waals surface area contributed by atoms with Gasteiger partial charge in [0.25, 0.3) is 0 Å². The van der Waals surface area contributed by atoms with E-state index in [2.05, 4.69) is 24.0 Å². The molecule has 1 N–H and O–H groups in total. The predicted octanol–water partition coefficient (Wildman–Crippen LogP) is 4.76. The molecule has 0 spiro atoms. The first-order chi connectivity index (χ1) is 14.0. The van der Waals surface area contributed by atoms with Crippen LogP contribution in [0.3, 0.4) is 0 Å². The summed E-state index contributed by atoms with van der Waals surface area (Å²) in [5.41, 5.74) is 0.372. The standard InChI is InChI=1S/C25H36O4/c1-3-5-16-25(18-10-19-25)17-9-11-20-14-15-22(26)21(20)12-7-6-8-13-23(27)24(28)29-4-2/h6-7,9,11,20-21,23,27H,4,8,10,12-19H2,1-2H3/b7-6-,11-9+/t20-,21+,23?/m0/s1. The maximum absolute atomic E-state index is 12.3. The molecule has 2 aliphatic rings. The van der Waals surface area contributed by atoms with Gasteiger partial charge in [0.05, 0.1) is 6.61 Å². The molecule has 3 atom stereocenters. The normalized spacial score (nSPS) is 24.3. The van der Waals surface area contributed by atoms with Crippen molar-refractivity contribution in [2.45, 2.75) is 84.2 Å². The Morgan fingerprint density at radius 1 is 1.34 bits per heavy atom. The van der Waals surface area contributed by atoms with E-state index in [0.717, 1.165) is 25.7 Å². The van der Waals surface area contributed by atoms with Gasteiger partial charge in [0.1, 0.15) is 5.78 Å². The summed E-state index contributed by atoms with van der Waals surface area (Å²) in [7, 11) is 0. The highest BCUT2D eigenvalue weighted by atomic mass is 16.5. The van der Waals surface area contributed by atoms with Crippen molar-refractivity contribution in [3.8, 4) is 11.8 Å². The second-order valence-electron chi connectivity index (χ2n) is 8.42. The number of carbonyl (C=O) groups is 2. The van der Waals surface area contributed by atoms with Crippen molar-refractivity contribution in [1.29, 1.82) is 0 Å². The van der Waals surface area contributed by atoms with Crippen molar-refractivity contribution in [2.75, 3.05) is 6.61 Å². The number of Topliss-reactive ketones (excluding diaryl/α,β-unsaturated/α-hetero) is 1. The van der Waals surface area contributed by atoms with Gasteiger partial charge in [-0.3, -0.25) is 4.79 Å². The van der Waals surface area contributed by atoms with Crippen LogP contribution < -0.4 is 0 Å². The van der Waals surface area contributed by atoms with Crippen LogP contribution in [0.2, 0.25) is 0 Å². The van der Waals surface area contributed by atoms with Crippen molar-refractivity contribution >= 4 is 11.8 Å². The third-order valence-corrected chi connectivity index (χ3v) is 6.37. The molecule has 1 unspecified atom stereocenters. The molecule has 2 fully saturated rings. The van der Waals surface area contributed by atoms with Crippen molar-refractivity contribution in [1.82, 2.24) is 0 Å². The summed E-state index contributed by atoms with van der Waals surface area (Å²) < 4.78 is 4.79. The lowest BCUT2D eigenvalue weighted by Gasteiger charge is -2.40. The topological polar surface area (TPSA) is 63.6 Å². The first-order valence-corrected chi connectivity index (χ1v) is 11.1. The van der Waals surface area contributed by atoms with Crippen LogP contribution in [0.25, 0.3) is 0 Å². The van der Waals surface area contributed by atoms with Crippen LogP contribution in [0.1, 0.15) is 78.1 Å². The minimum absolute atomic E-state index is 0.0604. The molecule has 0 aromatic heterocycles. The molecule has 0 amide bonds. The third-order valence-electron chi connectivity index (χ3n) is 6.37. The second-order valence-corrected chi connectivity index (χ2v) is 8.42. The Morgan fingerprint density at radius 2 is 2.14 bits per heavy atom. The third kappa shape index (κ3) is 7.16. The number of hydrogen-bond acceptors (Lipinski definition) is 4. The van der Waals surface area contributed by atoms with Gasteiger partial charge in [-0.1, -0.05) is 30.7 Å². The Labute approximate surface area is 175 Å². The average Bonchev–Trinajstić information content (AvgIpc) is 3.02. The van der Waals surface area contributed by atoms with Crippen LogP contribution in [0, 0.1) is 29.1 Å². The number of allylic oxidation sites excluding steroid dienone is 4. The average molecular weight is 401 g/mol. The smallest absolute Gasteiger partial charge is 0.334 e. The quantitative estimate of drug-likeness (QED) is 0.308. The summed E-state index contributed by atoms with van der Waals surface area (Å²) in [6.45, 7) is 3.90. The zero-order valence-corrected chi connectivity index (χ0v) is 18.0. The number of ketones is 1. The molecular formula is C25H36O4. The molecule has 4 nitrogen and oxygen atoms in total. The Kier molecular flexibility index (Phi) is 9.67. The number of hydrogen-bond donors (Lipinski definition) is 1. The minimum atomic E-state index is -1.07. The maximum Gasteiger partial charge on any atom is 0.334 e. The second kappa shape index (κ2) is 12.0. The Hall–Kier alpha value is -1.86. The molecule has 29 heavy (non-hydrogen) atoms. The molecular weight excluding hydrogens is 364 g/mol. The molecule has 2 aliphatic carbocycles. The van der Waals surface area contributed by atoms with Crippen LogP contribution in [0.15, 0.2) is 24.3 Å². The first-order valence-electron chi connectivity index (χ1n) is 11.1. The Morgan fingerprint density at radius 3 is 2.79 bits per heavy atom. The summed E-state index contributed by atoms with van der Waals surface area (Å²) in [4.78, 5) is 23.7. The Bertz CT molecular complexity index is 660. The van der Waals surface area contributed by atoms with E-state index in [1.54, 1.807) is 6.92 Å². The van der Waals surface area contributed by atoms with Gasteiger partial charge in [0.2, 0.25) is 0 Å². The summed E-state index contributed by atoms with van der Waals surface area (Å²) in [5.74, 6) is 6.45. The zero-order chi connectivity index (χ0) is 21.1. The number of esters is 1. The van der Waals surface area contributed by atoms with Crippen molar-refractivity contribution in [3.63, 3.8) is 0 Å². The van der Waals surface area contributed by atoms with Crippen molar-refractivity contribution in [2.24, 2.45) is 17.3 Å². The van der Waals surface area contributed by atoms with Gasteiger partial charge < -0.3 is 9.84 Å². The van der Waals surface area contributed by atoms with Gasteiger partial charge in [0.15, 0.2) is 6.10 Å². The van der Waals surface area contributed by atoms with Crippen molar-refractivity contribution < 1.29 is 19.4 Å².